The number of nitro groups is 1. The first kappa shape index (κ1) is 12.5. The summed E-state index contributed by atoms with van der Waals surface area (Å²) in [4.78, 5) is 24.6. The topological polar surface area (TPSA) is 103 Å². The van der Waals surface area contributed by atoms with Crippen molar-refractivity contribution in [2.45, 2.75) is 0 Å². The lowest BCUT2D eigenvalue weighted by atomic mass is 10.2. The van der Waals surface area contributed by atoms with E-state index in [9.17, 15) is 14.9 Å². The van der Waals surface area contributed by atoms with Crippen molar-refractivity contribution < 1.29 is 19.6 Å². The molecule has 0 bridgehead atoms. The third-order valence-electron chi connectivity index (χ3n) is 2.24. The molecule has 0 atom stereocenters. The normalized spacial score (nSPS) is 9.89. The van der Waals surface area contributed by atoms with Gasteiger partial charge >= 0.3 is 5.97 Å². The molecule has 1 aromatic heterocycles. The minimum atomic E-state index is -1.35. The van der Waals surface area contributed by atoms with Gasteiger partial charge in [0, 0.05) is 6.07 Å². The van der Waals surface area contributed by atoms with Gasteiger partial charge in [-0.2, -0.15) is 0 Å². The van der Waals surface area contributed by atoms with Crippen LogP contribution in [0.25, 0.3) is 0 Å². The van der Waals surface area contributed by atoms with E-state index in [2.05, 4.69) is 4.98 Å². The van der Waals surface area contributed by atoms with Gasteiger partial charge in [0.2, 0.25) is 5.88 Å². The van der Waals surface area contributed by atoms with Gasteiger partial charge in [0.15, 0.2) is 0 Å². The van der Waals surface area contributed by atoms with E-state index in [1.807, 2.05) is 0 Å². The molecule has 1 heterocycles. The van der Waals surface area contributed by atoms with Crippen LogP contribution in [-0.4, -0.2) is 21.0 Å². The molecule has 1 N–H and O–H groups in total. The fraction of sp³-hybridized carbons (Fsp3) is 0. The van der Waals surface area contributed by atoms with Crippen LogP contribution in [0.3, 0.4) is 0 Å². The number of carboxylic acid groups (broad SMARTS) is 1. The lowest BCUT2D eigenvalue weighted by molar-refractivity contribution is -0.385. The number of pyridine rings is 1. The summed E-state index contributed by atoms with van der Waals surface area (Å²) in [5, 5.41) is 19.6. The van der Waals surface area contributed by atoms with Crippen molar-refractivity contribution in [2.75, 3.05) is 0 Å². The molecule has 2 rings (SSSR count). The lowest BCUT2D eigenvalue weighted by Crippen LogP contribution is -2.03. The number of aromatic carboxylic acids is 1. The molecule has 2 aromatic rings. The summed E-state index contributed by atoms with van der Waals surface area (Å²) in [6.45, 7) is 0. The molecule has 0 spiro atoms. The highest BCUT2D eigenvalue weighted by Gasteiger charge is 2.19. The lowest BCUT2D eigenvalue weighted by Gasteiger charge is -2.06. The van der Waals surface area contributed by atoms with Crippen molar-refractivity contribution in [3.63, 3.8) is 0 Å². The summed E-state index contributed by atoms with van der Waals surface area (Å²) in [5.74, 6) is -1.14. The van der Waals surface area contributed by atoms with Gasteiger partial charge in [-0.3, -0.25) is 10.1 Å². The largest absolute Gasteiger partial charge is 0.477 e. The zero-order valence-corrected chi connectivity index (χ0v) is 9.52. The number of aromatic nitrogens is 1. The number of hydrogen-bond donors (Lipinski definition) is 1. The van der Waals surface area contributed by atoms with E-state index in [0.29, 0.717) is 5.75 Å². The second kappa shape index (κ2) is 5.13. The van der Waals surface area contributed by atoms with E-state index < -0.39 is 16.6 Å². The molecule has 0 unspecified atom stereocenters. The zero-order valence-electron chi connectivity index (χ0n) is 9.52. The predicted octanol–water partition coefficient (Wildman–Crippen LogP) is 2.48. The summed E-state index contributed by atoms with van der Waals surface area (Å²) < 4.78 is 5.29. The van der Waals surface area contributed by atoms with E-state index in [0.717, 1.165) is 12.3 Å². The fourth-order valence-electron chi connectivity index (χ4n) is 1.38. The van der Waals surface area contributed by atoms with Crippen molar-refractivity contribution in [1.82, 2.24) is 4.98 Å². The Balaban J connectivity index is 2.40. The molecule has 0 radical (unpaired) electrons. The summed E-state index contributed by atoms with van der Waals surface area (Å²) in [5.41, 5.74) is -0.768. The fourth-order valence-corrected chi connectivity index (χ4v) is 1.38. The van der Waals surface area contributed by atoms with Gasteiger partial charge in [-0.15, -0.1) is 0 Å². The zero-order chi connectivity index (χ0) is 13.8. The minimum absolute atomic E-state index is 0.190. The molecule has 7 nitrogen and oxygen atoms in total. The van der Waals surface area contributed by atoms with Crippen LogP contribution in [0.1, 0.15) is 10.4 Å². The van der Waals surface area contributed by atoms with E-state index in [1.165, 1.54) is 0 Å². The first-order valence-electron chi connectivity index (χ1n) is 5.18. The molecule has 19 heavy (non-hydrogen) atoms. The van der Waals surface area contributed by atoms with E-state index >= 15 is 0 Å². The Morgan fingerprint density at radius 1 is 1.32 bits per heavy atom. The molecular weight excluding hydrogens is 252 g/mol. The molecule has 0 aliphatic heterocycles. The molecular formula is C12H8N2O5. The Labute approximate surface area is 107 Å². The maximum atomic E-state index is 11.0. The molecule has 0 aliphatic carbocycles. The first-order valence-corrected chi connectivity index (χ1v) is 5.18. The molecule has 0 amide bonds. The van der Waals surface area contributed by atoms with E-state index in [4.69, 9.17) is 9.84 Å². The third-order valence-corrected chi connectivity index (χ3v) is 2.24. The van der Waals surface area contributed by atoms with Crippen molar-refractivity contribution in [3.05, 3.63) is 58.3 Å². The number of hydrogen-bond acceptors (Lipinski definition) is 5. The molecule has 0 saturated heterocycles. The third kappa shape index (κ3) is 2.83. The van der Waals surface area contributed by atoms with Crippen LogP contribution in [0, 0.1) is 10.1 Å². The van der Waals surface area contributed by atoms with Gasteiger partial charge in [-0.05, 0) is 12.1 Å². The Kier molecular flexibility index (Phi) is 3.37. The van der Waals surface area contributed by atoms with E-state index in [1.54, 1.807) is 30.3 Å². The number of nitrogens with zero attached hydrogens (tertiary/aromatic N) is 2. The van der Waals surface area contributed by atoms with Crippen LogP contribution in [0.5, 0.6) is 11.6 Å². The van der Waals surface area contributed by atoms with Crippen molar-refractivity contribution >= 4 is 11.7 Å². The Morgan fingerprint density at radius 3 is 2.58 bits per heavy atom. The second-order valence-electron chi connectivity index (χ2n) is 3.52. The molecule has 7 heteroatoms. The maximum absolute atomic E-state index is 11.0. The average molecular weight is 260 g/mol. The summed E-state index contributed by atoms with van der Waals surface area (Å²) in [7, 11) is 0. The average Bonchev–Trinajstić information content (AvgIpc) is 2.39. The number of carbonyl (C=O) groups is 1. The van der Waals surface area contributed by atoms with Crippen molar-refractivity contribution in [1.29, 1.82) is 0 Å². The van der Waals surface area contributed by atoms with Crippen LogP contribution in [0.4, 0.5) is 5.69 Å². The smallest absolute Gasteiger partial charge is 0.341 e. The van der Waals surface area contributed by atoms with Crippen molar-refractivity contribution in [3.8, 4) is 11.6 Å². The quantitative estimate of drug-likeness (QED) is 0.669. The van der Waals surface area contributed by atoms with Gasteiger partial charge in [0.1, 0.15) is 17.5 Å². The van der Waals surface area contributed by atoms with Crippen LogP contribution >= 0.6 is 0 Å². The highest BCUT2D eigenvalue weighted by molar-refractivity contribution is 5.91. The van der Waals surface area contributed by atoms with Crippen LogP contribution < -0.4 is 4.74 Å². The summed E-state index contributed by atoms with van der Waals surface area (Å²) >= 11 is 0. The predicted molar refractivity (Wildman–Crippen MR) is 64.4 cm³/mol. The SMILES string of the molecule is O=C(O)c1cc([N+](=O)[O-])cnc1Oc1ccccc1. The summed E-state index contributed by atoms with van der Waals surface area (Å²) in [6.07, 6.45) is 0.949. The molecule has 1 aromatic carbocycles. The molecule has 0 saturated carbocycles. The van der Waals surface area contributed by atoms with E-state index in [-0.39, 0.29) is 11.4 Å². The minimum Gasteiger partial charge on any atom is -0.477 e. The van der Waals surface area contributed by atoms with Gasteiger partial charge in [-0.1, -0.05) is 18.2 Å². The van der Waals surface area contributed by atoms with Crippen molar-refractivity contribution in [2.24, 2.45) is 0 Å². The Bertz CT molecular complexity index is 627. The van der Waals surface area contributed by atoms with Crippen LogP contribution in [0.2, 0.25) is 0 Å². The van der Waals surface area contributed by atoms with Gasteiger partial charge < -0.3 is 9.84 Å². The monoisotopic (exact) mass is 260 g/mol. The summed E-state index contributed by atoms with van der Waals surface area (Å²) in [6, 6.07) is 9.34. The van der Waals surface area contributed by atoms with Gasteiger partial charge in [0.25, 0.3) is 5.69 Å². The highest BCUT2D eigenvalue weighted by atomic mass is 16.6. The number of rotatable bonds is 4. The maximum Gasteiger partial charge on any atom is 0.341 e. The highest BCUT2D eigenvalue weighted by Crippen LogP contribution is 2.25. The molecule has 0 fully saturated rings. The Morgan fingerprint density at radius 2 is 2.00 bits per heavy atom. The number of carboxylic acids is 1. The standard InChI is InChI=1S/C12H8N2O5/c15-12(16)10-6-8(14(17)18)7-13-11(10)19-9-4-2-1-3-5-9/h1-7H,(H,15,16). The number of benzene rings is 1. The van der Waals surface area contributed by atoms with Gasteiger partial charge in [0.05, 0.1) is 4.92 Å². The van der Waals surface area contributed by atoms with Crippen LogP contribution in [0.15, 0.2) is 42.6 Å². The second-order valence-corrected chi connectivity index (χ2v) is 3.52. The Hall–Kier alpha value is -2.96. The van der Waals surface area contributed by atoms with Gasteiger partial charge in [-0.25, -0.2) is 9.78 Å². The first-order chi connectivity index (χ1) is 9.08. The molecule has 96 valence electrons. The van der Waals surface area contributed by atoms with Crippen LogP contribution in [-0.2, 0) is 0 Å². The molecule has 0 aliphatic rings. The number of para-hydroxylation sites is 1. The number of ether oxygens (including phenoxy) is 1.